The van der Waals surface area contributed by atoms with E-state index in [4.69, 9.17) is 21.1 Å². The van der Waals surface area contributed by atoms with Crippen LogP contribution in [0.4, 0.5) is 6.01 Å². The second-order valence-electron chi connectivity index (χ2n) is 2.90. The second kappa shape index (κ2) is 4.54. The summed E-state index contributed by atoms with van der Waals surface area (Å²) in [6.07, 6.45) is 1.09. The van der Waals surface area contributed by atoms with Crippen LogP contribution in [0.25, 0.3) is 0 Å². The van der Waals surface area contributed by atoms with Gasteiger partial charge in [0.2, 0.25) is 0 Å². The van der Waals surface area contributed by atoms with Gasteiger partial charge in [0, 0.05) is 4.88 Å². The third-order valence-electron chi connectivity index (χ3n) is 1.77. The van der Waals surface area contributed by atoms with Crippen LogP contribution in [0.3, 0.4) is 0 Å². The van der Waals surface area contributed by atoms with Gasteiger partial charge in [-0.3, -0.25) is 0 Å². The lowest BCUT2D eigenvalue weighted by Gasteiger charge is -1.97. The van der Waals surface area contributed by atoms with Gasteiger partial charge in [0.25, 0.3) is 6.01 Å². The van der Waals surface area contributed by atoms with Gasteiger partial charge in [-0.1, -0.05) is 11.6 Å². The minimum Gasteiger partial charge on any atom is -0.476 e. The zero-order valence-electron chi connectivity index (χ0n) is 7.94. The van der Waals surface area contributed by atoms with Gasteiger partial charge in [0.05, 0.1) is 10.9 Å². The molecule has 0 atom stereocenters. The number of thiophene rings is 1. The summed E-state index contributed by atoms with van der Waals surface area (Å²) in [5.41, 5.74) is -0.119. The maximum atomic E-state index is 10.5. The van der Waals surface area contributed by atoms with Gasteiger partial charge in [-0.05, 0) is 12.1 Å². The number of carboxylic acid groups (broad SMARTS) is 1. The van der Waals surface area contributed by atoms with E-state index in [9.17, 15) is 4.79 Å². The molecule has 2 N–H and O–H groups in total. The molecule has 0 radical (unpaired) electrons. The van der Waals surface area contributed by atoms with Crippen molar-refractivity contribution in [3.8, 4) is 0 Å². The smallest absolute Gasteiger partial charge is 0.357 e. The van der Waals surface area contributed by atoms with E-state index in [1.54, 1.807) is 6.07 Å². The van der Waals surface area contributed by atoms with Crippen molar-refractivity contribution in [1.29, 1.82) is 0 Å². The number of anilines is 1. The number of halogens is 1. The van der Waals surface area contributed by atoms with E-state index in [2.05, 4.69) is 10.3 Å². The number of rotatable bonds is 4. The molecule has 0 fully saturated rings. The summed E-state index contributed by atoms with van der Waals surface area (Å²) in [5.74, 6) is -1.11. The Balaban J connectivity index is 1.97. The Morgan fingerprint density at radius 2 is 2.44 bits per heavy atom. The minimum absolute atomic E-state index is 0.119. The number of hydrogen-bond acceptors (Lipinski definition) is 5. The zero-order valence-corrected chi connectivity index (χ0v) is 9.51. The lowest BCUT2D eigenvalue weighted by Crippen LogP contribution is -2.00. The Kier molecular flexibility index (Phi) is 3.12. The molecular formula is C9H7ClN2O3S. The number of carboxylic acids is 1. The predicted molar refractivity (Wildman–Crippen MR) is 60.1 cm³/mol. The van der Waals surface area contributed by atoms with Crippen LogP contribution in [0.5, 0.6) is 0 Å². The van der Waals surface area contributed by atoms with Crippen LogP contribution in [0.1, 0.15) is 15.4 Å². The maximum absolute atomic E-state index is 10.5. The summed E-state index contributed by atoms with van der Waals surface area (Å²) in [7, 11) is 0. The van der Waals surface area contributed by atoms with E-state index in [1.165, 1.54) is 11.3 Å². The highest BCUT2D eigenvalue weighted by Crippen LogP contribution is 2.22. The summed E-state index contributed by atoms with van der Waals surface area (Å²) < 4.78 is 5.63. The quantitative estimate of drug-likeness (QED) is 0.882. The molecule has 0 aliphatic heterocycles. The molecule has 0 saturated carbocycles. The van der Waals surface area contributed by atoms with Crippen LogP contribution >= 0.6 is 22.9 Å². The molecule has 0 unspecified atom stereocenters. The fraction of sp³-hybridized carbons (Fsp3) is 0.111. The fourth-order valence-electron chi connectivity index (χ4n) is 1.06. The van der Waals surface area contributed by atoms with Crippen LogP contribution in [0.15, 0.2) is 22.8 Å². The van der Waals surface area contributed by atoms with Gasteiger partial charge in [0.1, 0.15) is 6.26 Å². The lowest BCUT2D eigenvalue weighted by atomic mass is 10.5. The maximum Gasteiger partial charge on any atom is 0.357 e. The second-order valence-corrected chi connectivity index (χ2v) is 4.70. The van der Waals surface area contributed by atoms with Crippen LogP contribution in [-0.4, -0.2) is 16.1 Å². The summed E-state index contributed by atoms with van der Waals surface area (Å²) in [5, 5.41) is 11.5. The lowest BCUT2D eigenvalue weighted by molar-refractivity contribution is 0.0690. The Hall–Kier alpha value is -1.53. The molecule has 0 bridgehead atoms. The minimum atomic E-state index is -1.11. The first kappa shape index (κ1) is 11.0. The molecule has 84 valence electrons. The molecule has 2 aromatic rings. The number of aromatic carboxylic acids is 1. The van der Waals surface area contributed by atoms with Crippen LogP contribution in [0.2, 0.25) is 4.34 Å². The van der Waals surface area contributed by atoms with Crippen LogP contribution in [-0.2, 0) is 6.54 Å². The molecule has 0 aromatic carbocycles. The third-order valence-corrected chi connectivity index (χ3v) is 3.00. The number of aromatic nitrogens is 1. The summed E-state index contributed by atoms with van der Waals surface area (Å²) in [4.78, 5) is 15.3. The first-order valence-electron chi connectivity index (χ1n) is 4.32. The van der Waals surface area contributed by atoms with Gasteiger partial charge in [0.15, 0.2) is 5.69 Å². The Labute approximate surface area is 99.7 Å². The predicted octanol–water partition coefficient (Wildman–Crippen LogP) is 2.70. The monoisotopic (exact) mass is 258 g/mol. The fourth-order valence-corrected chi connectivity index (χ4v) is 2.09. The van der Waals surface area contributed by atoms with Crippen molar-refractivity contribution in [2.75, 3.05) is 5.32 Å². The van der Waals surface area contributed by atoms with E-state index < -0.39 is 5.97 Å². The molecule has 0 amide bonds. The Bertz CT molecular complexity index is 508. The Morgan fingerprint density at radius 3 is 3.00 bits per heavy atom. The molecule has 0 saturated heterocycles. The SMILES string of the molecule is O=C(O)c1coc(NCc2ccc(Cl)s2)n1. The number of carbonyl (C=O) groups is 1. The number of hydrogen-bond donors (Lipinski definition) is 2. The van der Waals surface area contributed by atoms with Crippen molar-refractivity contribution in [2.45, 2.75) is 6.54 Å². The van der Waals surface area contributed by atoms with Crippen molar-refractivity contribution in [3.63, 3.8) is 0 Å². The normalized spacial score (nSPS) is 10.3. The van der Waals surface area contributed by atoms with Gasteiger partial charge < -0.3 is 14.8 Å². The first-order valence-corrected chi connectivity index (χ1v) is 5.51. The number of nitrogens with zero attached hydrogens (tertiary/aromatic N) is 1. The van der Waals surface area contributed by atoms with E-state index >= 15 is 0 Å². The van der Waals surface area contributed by atoms with Crippen molar-refractivity contribution in [1.82, 2.24) is 4.98 Å². The van der Waals surface area contributed by atoms with Crippen molar-refractivity contribution >= 4 is 34.9 Å². The Morgan fingerprint density at radius 1 is 1.62 bits per heavy atom. The van der Waals surface area contributed by atoms with E-state index in [1.807, 2.05) is 6.07 Å². The molecular weight excluding hydrogens is 252 g/mol. The van der Waals surface area contributed by atoms with Crippen molar-refractivity contribution in [2.24, 2.45) is 0 Å². The molecule has 7 heteroatoms. The molecule has 0 aliphatic rings. The van der Waals surface area contributed by atoms with E-state index in [-0.39, 0.29) is 11.7 Å². The molecule has 5 nitrogen and oxygen atoms in total. The van der Waals surface area contributed by atoms with Gasteiger partial charge in [-0.25, -0.2) is 4.79 Å². The average molecular weight is 259 g/mol. The molecule has 16 heavy (non-hydrogen) atoms. The van der Waals surface area contributed by atoms with Gasteiger partial charge >= 0.3 is 5.97 Å². The highest BCUT2D eigenvalue weighted by molar-refractivity contribution is 7.16. The number of oxazole rings is 1. The summed E-state index contributed by atoms with van der Waals surface area (Å²) in [6.45, 7) is 0.497. The summed E-state index contributed by atoms with van der Waals surface area (Å²) >= 11 is 7.20. The largest absolute Gasteiger partial charge is 0.476 e. The topological polar surface area (TPSA) is 75.4 Å². The standard InChI is InChI=1S/C9H7ClN2O3S/c10-7-2-1-5(16-7)3-11-9-12-6(4-15-9)8(13)14/h1-2,4H,3H2,(H,11,12)(H,13,14). The zero-order chi connectivity index (χ0) is 11.5. The van der Waals surface area contributed by atoms with Crippen molar-refractivity contribution < 1.29 is 14.3 Å². The van der Waals surface area contributed by atoms with Gasteiger partial charge in [-0.2, -0.15) is 4.98 Å². The molecule has 0 aliphatic carbocycles. The highest BCUT2D eigenvalue weighted by atomic mass is 35.5. The van der Waals surface area contributed by atoms with E-state index in [0.29, 0.717) is 10.9 Å². The van der Waals surface area contributed by atoms with Gasteiger partial charge in [-0.15, -0.1) is 11.3 Å². The van der Waals surface area contributed by atoms with Crippen LogP contribution < -0.4 is 5.32 Å². The van der Waals surface area contributed by atoms with Crippen LogP contribution in [0, 0.1) is 0 Å². The third kappa shape index (κ3) is 2.53. The van der Waals surface area contributed by atoms with Crippen molar-refractivity contribution in [3.05, 3.63) is 33.3 Å². The molecule has 2 aromatic heterocycles. The molecule has 0 spiro atoms. The van der Waals surface area contributed by atoms with E-state index in [0.717, 1.165) is 11.1 Å². The number of nitrogens with one attached hydrogen (secondary N) is 1. The first-order chi connectivity index (χ1) is 7.65. The molecule has 2 heterocycles. The highest BCUT2D eigenvalue weighted by Gasteiger charge is 2.09. The summed E-state index contributed by atoms with van der Waals surface area (Å²) in [6, 6.07) is 3.85. The average Bonchev–Trinajstić information content (AvgIpc) is 2.83. The molecule has 2 rings (SSSR count).